The molecule has 0 unspecified atom stereocenters. The number of rotatable bonds is 8. The summed E-state index contributed by atoms with van der Waals surface area (Å²) in [6.45, 7) is 1.32. The third-order valence-electron chi connectivity index (χ3n) is 2.98. The number of hydrogen-bond donors (Lipinski definition) is 0. The van der Waals surface area contributed by atoms with E-state index in [1.54, 1.807) is 0 Å². The summed E-state index contributed by atoms with van der Waals surface area (Å²) >= 11 is 6.85. The Labute approximate surface area is 142 Å². The van der Waals surface area contributed by atoms with Gasteiger partial charge >= 0.3 is 0 Å². The van der Waals surface area contributed by atoms with Crippen LogP contribution in [0.15, 0.2) is 48.5 Å². The quantitative estimate of drug-likeness (QED) is 0.430. The summed E-state index contributed by atoms with van der Waals surface area (Å²) in [5.74, 6) is 1.81. The van der Waals surface area contributed by atoms with E-state index in [4.69, 9.17) is 9.47 Å². The van der Waals surface area contributed by atoms with Gasteiger partial charge in [0.1, 0.15) is 11.5 Å². The van der Waals surface area contributed by atoms with Crippen molar-refractivity contribution in [2.24, 2.45) is 0 Å². The smallest absolute Gasteiger partial charge is 0.119 e. The second-order valence-electron chi connectivity index (χ2n) is 4.61. The lowest BCUT2D eigenvalue weighted by Crippen LogP contribution is -2.05. The summed E-state index contributed by atoms with van der Waals surface area (Å²) in [7, 11) is 0. The first kappa shape index (κ1) is 16.4. The number of hydrogen-bond acceptors (Lipinski definition) is 2. The minimum absolute atomic E-state index is 0.660. The van der Waals surface area contributed by atoms with Crippen LogP contribution >= 0.6 is 31.9 Å². The van der Waals surface area contributed by atoms with Crippen molar-refractivity contribution in [2.45, 2.75) is 17.1 Å². The van der Waals surface area contributed by atoms with Gasteiger partial charge in [-0.05, 0) is 35.4 Å². The van der Waals surface area contributed by atoms with Gasteiger partial charge in [-0.15, -0.1) is 0 Å². The van der Waals surface area contributed by atoms with E-state index in [2.05, 4.69) is 56.1 Å². The van der Waals surface area contributed by atoms with Crippen molar-refractivity contribution in [1.29, 1.82) is 0 Å². The van der Waals surface area contributed by atoms with Crippen LogP contribution in [0.2, 0.25) is 0 Å². The van der Waals surface area contributed by atoms with E-state index < -0.39 is 0 Å². The Balaban J connectivity index is 1.64. The molecule has 0 aliphatic carbocycles. The van der Waals surface area contributed by atoms with Crippen LogP contribution in [0.4, 0.5) is 0 Å². The summed E-state index contributed by atoms with van der Waals surface area (Å²) < 4.78 is 11.4. The monoisotopic (exact) mass is 412 g/mol. The number of benzene rings is 2. The molecule has 0 N–H and O–H groups in total. The van der Waals surface area contributed by atoms with Gasteiger partial charge in [0, 0.05) is 17.1 Å². The predicted molar refractivity (Wildman–Crippen MR) is 93.8 cm³/mol. The normalized spacial score (nSPS) is 10.4. The maximum atomic E-state index is 5.68. The lowest BCUT2D eigenvalue weighted by atomic mass is 10.2. The van der Waals surface area contributed by atoms with E-state index in [1.807, 2.05) is 24.3 Å². The van der Waals surface area contributed by atoms with Gasteiger partial charge in [0.15, 0.2) is 0 Å². The van der Waals surface area contributed by atoms with Gasteiger partial charge in [-0.1, -0.05) is 56.1 Å². The molecule has 2 aromatic rings. The second-order valence-corrected chi connectivity index (χ2v) is 5.73. The minimum atomic E-state index is 0.660. The van der Waals surface area contributed by atoms with Crippen molar-refractivity contribution in [3.63, 3.8) is 0 Å². The fraction of sp³-hybridized carbons (Fsp3) is 0.294. The fourth-order valence-electron chi connectivity index (χ4n) is 1.79. The largest absolute Gasteiger partial charge is 0.493 e. The van der Waals surface area contributed by atoms with Crippen molar-refractivity contribution >= 4 is 31.9 Å². The second kappa shape index (κ2) is 9.11. The van der Waals surface area contributed by atoms with Gasteiger partial charge in [0.05, 0.1) is 13.2 Å². The first-order valence-corrected chi connectivity index (χ1v) is 9.11. The Bertz CT molecular complexity index is 474. The summed E-state index contributed by atoms with van der Waals surface area (Å²) in [6.07, 6.45) is 0.861. The molecule has 4 heteroatoms. The minimum Gasteiger partial charge on any atom is -0.493 e. The van der Waals surface area contributed by atoms with Crippen molar-refractivity contribution < 1.29 is 9.47 Å². The maximum Gasteiger partial charge on any atom is 0.119 e. The lowest BCUT2D eigenvalue weighted by Gasteiger charge is -2.08. The summed E-state index contributed by atoms with van der Waals surface area (Å²) in [4.78, 5) is 0. The highest BCUT2D eigenvalue weighted by atomic mass is 79.9. The summed E-state index contributed by atoms with van der Waals surface area (Å²) in [5.41, 5.74) is 2.50. The van der Waals surface area contributed by atoms with E-state index in [0.29, 0.717) is 13.2 Å². The number of ether oxygens (including phenoxy) is 2. The molecule has 2 nitrogen and oxygen atoms in total. The zero-order valence-electron chi connectivity index (χ0n) is 11.7. The Morgan fingerprint density at radius 1 is 0.619 bits per heavy atom. The summed E-state index contributed by atoms with van der Waals surface area (Å²) in [5, 5.41) is 1.74. The molecular weight excluding hydrogens is 396 g/mol. The lowest BCUT2D eigenvalue weighted by molar-refractivity contribution is 0.247. The van der Waals surface area contributed by atoms with Crippen LogP contribution in [0.5, 0.6) is 11.5 Å². The fourth-order valence-corrected chi connectivity index (χ4v) is 2.54. The molecule has 0 aliphatic heterocycles. The van der Waals surface area contributed by atoms with Crippen LogP contribution in [0.3, 0.4) is 0 Å². The van der Waals surface area contributed by atoms with Crippen molar-refractivity contribution in [2.75, 3.05) is 13.2 Å². The van der Waals surface area contributed by atoms with E-state index in [9.17, 15) is 0 Å². The van der Waals surface area contributed by atoms with Crippen LogP contribution in [-0.4, -0.2) is 13.2 Å². The van der Waals surface area contributed by atoms with Crippen molar-refractivity contribution in [3.05, 3.63) is 59.7 Å². The van der Waals surface area contributed by atoms with Gasteiger partial charge in [-0.2, -0.15) is 0 Å². The van der Waals surface area contributed by atoms with E-state index in [1.165, 1.54) is 11.1 Å². The molecule has 0 amide bonds. The first-order valence-electron chi connectivity index (χ1n) is 6.87. The van der Waals surface area contributed by atoms with Gasteiger partial charge in [-0.25, -0.2) is 0 Å². The van der Waals surface area contributed by atoms with Gasteiger partial charge < -0.3 is 9.47 Å². The zero-order valence-corrected chi connectivity index (χ0v) is 14.9. The standard InChI is InChI=1S/C17H18Br2O2/c18-12-14-2-6-16(7-3-14)20-10-1-11-21-17-8-4-15(13-19)5-9-17/h2-9H,1,10-13H2. The molecule has 0 atom stereocenters. The molecule has 2 aromatic carbocycles. The van der Waals surface area contributed by atoms with Gasteiger partial charge in [0.25, 0.3) is 0 Å². The highest BCUT2D eigenvalue weighted by molar-refractivity contribution is 9.08. The molecule has 0 spiro atoms. The average molecular weight is 414 g/mol. The first-order chi connectivity index (χ1) is 10.3. The molecule has 21 heavy (non-hydrogen) atoms. The Hall–Kier alpha value is -1.00. The SMILES string of the molecule is BrCc1ccc(OCCCOc2ccc(CBr)cc2)cc1. The van der Waals surface area contributed by atoms with Gasteiger partial charge in [-0.3, -0.25) is 0 Å². The molecule has 0 heterocycles. The molecule has 0 aromatic heterocycles. The van der Waals surface area contributed by atoms with E-state index in [0.717, 1.165) is 28.6 Å². The van der Waals surface area contributed by atoms with Crippen LogP contribution < -0.4 is 9.47 Å². The molecule has 112 valence electrons. The van der Waals surface area contributed by atoms with Crippen LogP contribution in [0.1, 0.15) is 17.5 Å². The average Bonchev–Trinajstić information content (AvgIpc) is 2.55. The summed E-state index contributed by atoms with van der Waals surface area (Å²) in [6, 6.07) is 16.2. The third-order valence-corrected chi connectivity index (χ3v) is 4.28. The Morgan fingerprint density at radius 3 is 1.33 bits per heavy atom. The molecule has 0 aliphatic rings. The predicted octanol–water partition coefficient (Wildman–Crippen LogP) is 5.32. The zero-order chi connectivity index (χ0) is 14.9. The number of halogens is 2. The molecular formula is C17H18Br2O2. The molecule has 0 bridgehead atoms. The number of alkyl halides is 2. The van der Waals surface area contributed by atoms with Crippen molar-refractivity contribution in [3.8, 4) is 11.5 Å². The molecule has 0 saturated carbocycles. The topological polar surface area (TPSA) is 18.5 Å². The van der Waals surface area contributed by atoms with Crippen LogP contribution in [0.25, 0.3) is 0 Å². The third kappa shape index (κ3) is 5.71. The van der Waals surface area contributed by atoms with E-state index >= 15 is 0 Å². The van der Waals surface area contributed by atoms with Crippen molar-refractivity contribution in [1.82, 2.24) is 0 Å². The molecule has 0 saturated heterocycles. The molecule has 0 radical (unpaired) electrons. The highest BCUT2D eigenvalue weighted by Gasteiger charge is 1.97. The Kier molecular flexibility index (Phi) is 7.10. The van der Waals surface area contributed by atoms with E-state index in [-0.39, 0.29) is 0 Å². The maximum absolute atomic E-state index is 5.68. The molecule has 2 rings (SSSR count). The molecule has 0 fully saturated rings. The Morgan fingerprint density at radius 2 is 1.00 bits per heavy atom. The van der Waals surface area contributed by atoms with Crippen LogP contribution in [-0.2, 0) is 10.7 Å². The van der Waals surface area contributed by atoms with Gasteiger partial charge in [0.2, 0.25) is 0 Å². The highest BCUT2D eigenvalue weighted by Crippen LogP contribution is 2.15. The van der Waals surface area contributed by atoms with Crippen LogP contribution in [0, 0.1) is 0 Å².